The van der Waals surface area contributed by atoms with Crippen LogP contribution in [0, 0.1) is 5.82 Å². The number of halogens is 2. The van der Waals surface area contributed by atoms with Gasteiger partial charge >= 0.3 is 0 Å². The van der Waals surface area contributed by atoms with Crippen LogP contribution in [0.2, 0.25) is 0 Å². The molecule has 0 amide bonds. The normalized spacial score (nSPS) is 13.1. The van der Waals surface area contributed by atoms with Gasteiger partial charge in [0.1, 0.15) is 0 Å². The average Bonchev–Trinajstić information content (AvgIpc) is 2.28. The van der Waals surface area contributed by atoms with Crippen LogP contribution in [0.3, 0.4) is 0 Å². The number of rotatable bonds is 4. The average molecular weight is 281 g/mol. The fourth-order valence-electron chi connectivity index (χ4n) is 1.10. The van der Waals surface area contributed by atoms with Crippen molar-refractivity contribution in [2.45, 2.75) is 24.4 Å². The second kappa shape index (κ2) is 4.88. The van der Waals surface area contributed by atoms with Crippen LogP contribution in [0.5, 0.6) is 0 Å². The maximum atomic E-state index is 13.4. The van der Waals surface area contributed by atoms with Gasteiger partial charge in [-0.15, -0.1) is 11.6 Å². The van der Waals surface area contributed by atoms with Crippen molar-refractivity contribution in [3.05, 3.63) is 24.1 Å². The molecule has 4 nitrogen and oxygen atoms in total. The van der Waals surface area contributed by atoms with E-state index in [4.69, 9.17) is 11.6 Å². The molecule has 17 heavy (non-hydrogen) atoms. The van der Waals surface area contributed by atoms with Crippen molar-refractivity contribution in [2.24, 2.45) is 0 Å². The van der Waals surface area contributed by atoms with Gasteiger partial charge in [-0.2, -0.15) is 4.31 Å². The van der Waals surface area contributed by atoms with E-state index in [0.29, 0.717) is 0 Å². The number of hydrogen-bond donors (Lipinski definition) is 0. The summed E-state index contributed by atoms with van der Waals surface area (Å²) in [4.78, 5) is 3.57. The quantitative estimate of drug-likeness (QED) is 0.791. The first-order valence-corrected chi connectivity index (χ1v) is 6.86. The standard InChI is InChI=1S/C10H14ClFN2O2S/c1-10(2,7-11)14(3)17(15,16)9-8(12)5-4-6-13-9/h4-6H,7H2,1-3H3. The lowest BCUT2D eigenvalue weighted by molar-refractivity contribution is 0.293. The summed E-state index contributed by atoms with van der Waals surface area (Å²) in [5, 5.41) is -0.583. The van der Waals surface area contributed by atoms with E-state index < -0.39 is 26.4 Å². The van der Waals surface area contributed by atoms with Crippen LogP contribution >= 0.6 is 11.6 Å². The zero-order valence-electron chi connectivity index (χ0n) is 9.81. The number of nitrogens with zero attached hydrogens (tertiary/aromatic N) is 2. The Morgan fingerprint density at radius 1 is 1.53 bits per heavy atom. The summed E-state index contributed by atoms with van der Waals surface area (Å²) < 4.78 is 38.7. The molecule has 0 saturated carbocycles. The van der Waals surface area contributed by atoms with E-state index in [1.165, 1.54) is 19.3 Å². The summed E-state index contributed by atoms with van der Waals surface area (Å²) in [6.45, 7) is 3.30. The van der Waals surface area contributed by atoms with Crippen molar-refractivity contribution in [2.75, 3.05) is 12.9 Å². The molecule has 0 aliphatic carbocycles. The van der Waals surface area contributed by atoms with Gasteiger partial charge in [0.25, 0.3) is 10.0 Å². The Balaban J connectivity index is 3.26. The van der Waals surface area contributed by atoms with Crippen molar-refractivity contribution in [3.63, 3.8) is 0 Å². The van der Waals surface area contributed by atoms with Gasteiger partial charge in [0.15, 0.2) is 5.82 Å². The third-order valence-electron chi connectivity index (χ3n) is 2.51. The van der Waals surface area contributed by atoms with Crippen LogP contribution < -0.4 is 0 Å². The molecule has 0 spiro atoms. The molecule has 0 saturated heterocycles. The first-order chi connectivity index (χ1) is 7.73. The minimum Gasteiger partial charge on any atom is -0.241 e. The second-order valence-electron chi connectivity index (χ2n) is 4.21. The molecule has 0 radical (unpaired) electrons. The number of aromatic nitrogens is 1. The van der Waals surface area contributed by atoms with Crippen LogP contribution in [-0.2, 0) is 10.0 Å². The highest BCUT2D eigenvalue weighted by atomic mass is 35.5. The van der Waals surface area contributed by atoms with E-state index in [0.717, 1.165) is 10.4 Å². The lowest BCUT2D eigenvalue weighted by Gasteiger charge is -2.32. The summed E-state index contributed by atoms with van der Waals surface area (Å²) in [6.07, 6.45) is 1.23. The van der Waals surface area contributed by atoms with Crippen molar-refractivity contribution >= 4 is 21.6 Å². The Bertz CT molecular complexity index is 505. The molecule has 1 aromatic rings. The molecule has 0 atom stereocenters. The van der Waals surface area contributed by atoms with Crippen LogP contribution in [0.4, 0.5) is 4.39 Å². The van der Waals surface area contributed by atoms with Crippen molar-refractivity contribution in [3.8, 4) is 0 Å². The highest BCUT2D eigenvalue weighted by Crippen LogP contribution is 2.23. The van der Waals surface area contributed by atoms with Crippen molar-refractivity contribution in [1.82, 2.24) is 9.29 Å². The fourth-order valence-corrected chi connectivity index (χ4v) is 2.83. The maximum absolute atomic E-state index is 13.4. The zero-order chi connectivity index (χ0) is 13.3. The van der Waals surface area contributed by atoms with Crippen LogP contribution in [0.1, 0.15) is 13.8 Å². The lowest BCUT2D eigenvalue weighted by atomic mass is 10.1. The van der Waals surface area contributed by atoms with Crippen LogP contribution in [0.25, 0.3) is 0 Å². The van der Waals surface area contributed by atoms with Gasteiger partial charge in [0.05, 0.1) is 0 Å². The third kappa shape index (κ3) is 2.75. The summed E-state index contributed by atoms with van der Waals surface area (Å²) in [5.74, 6) is -0.776. The summed E-state index contributed by atoms with van der Waals surface area (Å²) >= 11 is 5.70. The third-order valence-corrected chi connectivity index (χ3v) is 5.17. The van der Waals surface area contributed by atoms with Crippen LogP contribution in [0.15, 0.2) is 23.4 Å². The smallest absolute Gasteiger partial charge is 0.241 e. The summed E-state index contributed by atoms with van der Waals surface area (Å²) in [5.41, 5.74) is -0.815. The first-order valence-electron chi connectivity index (χ1n) is 4.89. The maximum Gasteiger partial charge on any atom is 0.263 e. The Morgan fingerprint density at radius 3 is 2.59 bits per heavy atom. The van der Waals surface area contributed by atoms with E-state index in [2.05, 4.69) is 4.98 Å². The van der Waals surface area contributed by atoms with Gasteiger partial charge < -0.3 is 0 Å². The van der Waals surface area contributed by atoms with Gasteiger partial charge in [-0.05, 0) is 26.0 Å². The first kappa shape index (κ1) is 14.3. The molecule has 0 aliphatic heterocycles. The largest absolute Gasteiger partial charge is 0.263 e. The molecule has 1 heterocycles. The van der Waals surface area contributed by atoms with E-state index in [9.17, 15) is 12.8 Å². The van der Waals surface area contributed by atoms with E-state index >= 15 is 0 Å². The minimum absolute atomic E-state index is 0.0944. The number of alkyl halides is 1. The number of sulfonamides is 1. The predicted molar refractivity (Wildman–Crippen MR) is 63.9 cm³/mol. The number of pyridine rings is 1. The second-order valence-corrected chi connectivity index (χ2v) is 6.36. The van der Waals surface area contributed by atoms with E-state index in [1.54, 1.807) is 13.8 Å². The molecule has 0 aromatic carbocycles. The van der Waals surface area contributed by atoms with Gasteiger partial charge in [-0.25, -0.2) is 17.8 Å². The topological polar surface area (TPSA) is 50.3 Å². The Labute approximate surface area is 105 Å². The molecule has 1 rings (SSSR count). The van der Waals surface area contributed by atoms with Crippen LogP contribution in [-0.4, -0.2) is 36.2 Å². The fraction of sp³-hybridized carbons (Fsp3) is 0.500. The molecular formula is C10H14ClFN2O2S. The highest BCUT2D eigenvalue weighted by molar-refractivity contribution is 7.89. The van der Waals surface area contributed by atoms with Gasteiger partial charge in [-0.3, -0.25) is 0 Å². The van der Waals surface area contributed by atoms with Crippen molar-refractivity contribution in [1.29, 1.82) is 0 Å². The summed E-state index contributed by atoms with van der Waals surface area (Å²) in [7, 11) is -2.62. The number of hydrogen-bond acceptors (Lipinski definition) is 3. The molecule has 1 aromatic heterocycles. The Morgan fingerprint density at radius 2 is 2.12 bits per heavy atom. The molecule has 0 fully saturated rings. The highest BCUT2D eigenvalue weighted by Gasteiger charge is 2.35. The van der Waals surface area contributed by atoms with E-state index in [1.807, 2.05) is 0 Å². The van der Waals surface area contributed by atoms with Crippen molar-refractivity contribution < 1.29 is 12.8 Å². The van der Waals surface area contributed by atoms with E-state index in [-0.39, 0.29) is 5.88 Å². The molecule has 0 N–H and O–H groups in total. The summed E-state index contributed by atoms with van der Waals surface area (Å²) in [6, 6.07) is 2.39. The monoisotopic (exact) mass is 280 g/mol. The van der Waals surface area contributed by atoms with Gasteiger partial charge in [-0.1, -0.05) is 0 Å². The molecule has 0 bridgehead atoms. The molecule has 96 valence electrons. The lowest BCUT2D eigenvalue weighted by Crippen LogP contribution is -2.46. The SMILES string of the molecule is CN(C(C)(C)CCl)S(=O)(=O)c1ncccc1F. The van der Waals surface area contributed by atoms with Gasteiger partial charge in [0, 0.05) is 24.7 Å². The molecule has 0 unspecified atom stereocenters. The van der Waals surface area contributed by atoms with Gasteiger partial charge in [0.2, 0.25) is 5.03 Å². The Hall–Kier alpha value is -0.720. The molecular weight excluding hydrogens is 267 g/mol. The molecule has 0 aliphatic rings. The molecule has 7 heteroatoms. The zero-order valence-corrected chi connectivity index (χ0v) is 11.4. The minimum atomic E-state index is -3.98. The predicted octanol–water partition coefficient (Wildman–Crippen LogP) is 1.86. The Kier molecular flexibility index (Phi) is 4.11.